The summed E-state index contributed by atoms with van der Waals surface area (Å²) in [4.78, 5) is 23.4. The van der Waals surface area contributed by atoms with Crippen LogP contribution in [0.15, 0.2) is 0 Å². The molecular weight excluding hydrogens is 368 g/mol. The van der Waals surface area contributed by atoms with Gasteiger partial charge in [0.05, 0.1) is 6.17 Å². The van der Waals surface area contributed by atoms with Crippen molar-refractivity contribution in [3.8, 4) is 0 Å². The summed E-state index contributed by atoms with van der Waals surface area (Å²) in [6.07, 6.45) is 6.11. The second-order valence-corrected chi connectivity index (χ2v) is 9.78. The molecule has 2 rings (SSSR count). The summed E-state index contributed by atoms with van der Waals surface area (Å²) < 4.78 is 0. The van der Waals surface area contributed by atoms with Gasteiger partial charge in [0.25, 0.3) is 0 Å². The summed E-state index contributed by atoms with van der Waals surface area (Å²) >= 11 is 0. The predicted molar refractivity (Wildman–Crippen MR) is 116 cm³/mol. The van der Waals surface area contributed by atoms with Crippen LogP contribution in [0.5, 0.6) is 0 Å². The van der Waals surface area contributed by atoms with Crippen LogP contribution in [0.2, 0.25) is 0 Å². The molecule has 29 heavy (non-hydrogen) atoms. The Morgan fingerprint density at radius 3 is 2.31 bits per heavy atom. The average molecular weight is 411 g/mol. The van der Waals surface area contributed by atoms with E-state index in [1.54, 1.807) is 0 Å². The van der Waals surface area contributed by atoms with Crippen molar-refractivity contribution in [2.75, 3.05) is 13.1 Å². The summed E-state index contributed by atoms with van der Waals surface area (Å²) in [5, 5.41) is 19.2. The minimum absolute atomic E-state index is 0.000725. The SMILES string of the molecule is CC(=O)NCCCNC1CC(C)NC(NC(=O)NC2CCC(C(C)(C)C)CC2)N1. The van der Waals surface area contributed by atoms with Crippen LogP contribution in [-0.4, -0.2) is 49.6 Å². The first kappa shape index (κ1) is 23.9. The molecule has 0 bridgehead atoms. The van der Waals surface area contributed by atoms with Gasteiger partial charge in [-0.2, -0.15) is 0 Å². The number of nitrogens with one attached hydrogen (secondary N) is 6. The lowest BCUT2D eigenvalue weighted by Gasteiger charge is -2.38. The molecule has 3 unspecified atom stereocenters. The van der Waals surface area contributed by atoms with Crippen molar-refractivity contribution in [2.45, 2.75) is 97.7 Å². The van der Waals surface area contributed by atoms with Gasteiger partial charge in [0.1, 0.15) is 6.29 Å². The van der Waals surface area contributed by atoms with Crippen molar-refractivity contribution in [2.24, 2.45) is 11.3 Å². The number of rotatable bonds is 7. The molecule has 1 aliphatic carbocycles. The summed E-state index contributed by atoms with van der Waals surface area (Å²) in [7, 11) is 0. The molecule has 1 saturated carbocycles. The van der Waals surface area contributed by atoms with Gasteiger partial charge in [-0.15, -0.1) is 0 Å². The van der Waals surface area contributed by atoms with E-state index in [1.807, 2.05) is 0 Å². The molecule has 8 heteroatoms. The van der Waals surface area contributed by atoms with Gasteiger partial charge in [-0.1, -0.05) is 20.8 Å². The molecule has 0 spiro atoms. The molecule has 1 aliphatic heterocycles. The third-order valence-corrected chi connectivity index (χ3v) is 6.09. The molecule has 168 valence electrons. The van der Waals surface area contributed by atoms with Gasteiger partial charge in [0.15, 0.2) is 0 Å². The quantitative estimate of drug-likeness (QED) is 0.358. The molecule has 3 amide bonds. The minimum Gasteiger partial charge on any atom is -0.356 e. The fourth-order valence-electron chi connectivity index (χ4n) is 4.34. The Morgan fingerprint density at radius 2 is 1.69 bits per heavy atom. The maximum Gasteiger partial charge on any atom is 0.317 e. The number of amides is 3. The first-order valence-electron chi connectivity index (χ1n) is 11.2. The first-order valence-corrected chi connectivity index (χ1v) is 11.2. The van der Waals surface area contributed by atoms with Crippen molar-refractivity contribution in [3.63, 3.8) is 0 Å². The lowest BCUT2D eigenvalue weighted by atomic mass is 9.71. The standard InChI is InChI=1S/C21H42N6O2/c1-14-13-18(23-12-6-11-22-15(2)28)26-19(24-14)27-20(29)25-17-9-7-16(8-10-17)21(3,4)5/h14,16-19,23-24,26H,6-13H2,1-5H3,(H,22,28)(H2,25,27,29). The molecule has 1 saturated heterocycles. The van der Waals surface area contributed by atoms with Crippen molar-refractivity contribution in [3.05, 3.63) is 0 Å². The normalized spacial score (nSPS) is 30.4. The fraction of sp³-hybridized carbons (Fsp3) is 0.905. The van der Waals surface area contributed by atoms with E-state index in [1.165, 1.54) is 19.8 Å². The highest BCUT2D eigenvalue weighted by Crippen LogP contribution is 2.37. The highest BCUT2D eigenvalue weighted by molar-refractivity contribution is 5.74. The number of carbonyl (C=O) groups is 2. The Labute approximate surface area is 176 Å². The maximum atomic E-state index is 12.5. The highest BCUT2D eigenvalue weighted by Gasteiger charge is 2.31. The van der Waals surface area contributed by atoms with Crippen LogP contribution in [-0.2, 0) is 4.79 Å². The predicted octanol–water partition coefficient (Wildman–Crippen LogP) is 1.59. The fourth-order valence-corrected chi connectivity index (χ4v) is 4.34. The van der Waals surface area contributed by atoms with Crippen LogP contribution in [0.4, 0.5) is 4.79 Å². The van der Waals surface area contributed by atoms with Crippen LogP contribution in [0.1, 0.15) is 73.1 Å². The Bertz CT molecular complexity index is 528. The molecule has 0 radical (unpaired) electrons. The van der Waals surface area contributed by atoms with E-state index in [-0.39, 0.29) is 36.5 Å². The highest BCUT2D eigenvalue weighted by atomic mass is 16.2. The van der Waals surface area contributed by atoms with Crippen molar-refractivity contribution in [1.82, 2.24) is 31.9 Å². The Balaban J connectivity index is 1.67. The maximum absolute atomic E-state index is 12.5. The zero-order valence-corrected chi connectivity index (χ0v) is 18.9. The summed E-state index contributed by atoms with van der Waals surface area (Å²) in [6.45, 7) is 12.1. The molecule has 8 nitrogen and oxygen atoms in total. The molecule has 0 aromatic carbocycles. The van der Waals surface area contributed by atoms with Gasteiger partial charge in [0, 0.05) is 25.6 Å². The topological polar surface area (TPSA) is 106 Å². The average Bonchev–Trinajstić information content (AvgIpc) is 2.60. The minimum atomic E-state index is -0.266. The number of hydrogen-bond acceptors (Lipinski definition) is 5. The zero-order chi connectivity index (χ0) is 21.4. The number of carbonyl (C=O) groups excluding carboxylic acids is 2. The van der Waals surface area contributed by atoms with Crippen LogP contribution in [0.25, 0.3) is 0 Å². The number of urea groups is 1. The lowest BCUT2D eigenvalue weighted by Crippen LogP contribution is -2.68. The van der Waals surface area contributed by atoms with Gasteiger partial charge in [-0.05, 0) is 63.3 Å². The van der Waals surface area contributed by atoms with Gasteiger partial charge < -0.3 is 21.3 Å². The van der Waals surface area contributed by atoms with Crippen LogP contribution in [0, 0.1) is 11.3 Å². The zero-order valence-electron chi connectivity index (χ0n) is 18.9. The molecule has 0 aromatic rings. The van der Waals surface area contributed by atoms with Gasteiger partial charge in [-0.25, -0.2) is 4.79 Å². The first-order chi connectivity index (χ1) is 13.6. The third kappa shape index (κ3) is 8.88. The Morgan fingerprint density at radius 1 is 1.00 bits per heavy atom. The van der Waals surface area contributed by atoms with E-state index >= 15 is 0 Å². The van der Waals surface area contributed by atoms with Crippen molar-refractivity contribution >= 4 is 11.9 Å². The van der Waals surface area contributed by atoms with Gasteiger partial charge >= 0.3 is 6.03 Å². The molecular formula is C21H42N6O2. The van der Waals surface area contributed by atoms with E-state index in [2.05, 4.69) is 59.6 Å². The Hall–Kier alpha value is -1.38. The van der Waals surface area contributed by atoms with E-state index in [0.29, 0.717) is 12.0 Å². The lowest BCUT2D eigenvalue weighted by molar-refractivity contribution is -0.118. The molecule has 3 atom stereocenters. The van der Waals surface area contributed by atoms with Crippen LogP contribution >= 0.6 is 0 Å². The van der Waals surface area contributed by atoms with E-state index in [9.17, 15) is 9.59 Å². The van der Waals surface area contributed by atoms with Crippen LogP contribution < -0.4 is 31.9 Å². The van der Waals surface area contributed by atoms with Gasteiger partial charge in [0.2, 0.25) is 5.91 Å². The second-order valence-electron chi connectivity index (χ2n) is 9.78. The largest absolute Gasteiger partial charge is 0.356 e. The smallest absolute Gasteiger partial charge is 0.317 e. The van der Waals surface area contributed by atoms with Gasteiger partial charge in [-0.3, -0.25) is 15.4 Å². The second kappa shape index (κ2) is 11.1. The van der Waals surface area contributed by atoms with E-state index < -0.39 is 0 Å². The molecule has 6 N–H and O–H groups in total. The van der Waals surface area contributed by atoms with Crippen molar-refractivity contribution < 1.29 is 9.59 Å². The van der Waals surface area contributed by atoms with E-state index in [4.69, 9.17) is 0 Å². The monoisotopic (exact) mass is 410 g/mol. The molecule has 2 fully saturated rings. The molecule has 1 heterocycles. The summed E-state index contributed by atoms with van der Waals surface area (Å²) in [5.74, 6) is 0.740. The Kier molecular flexibility index (Phi) is 9.17. The number of hydrogen-bond donors (Lipinski definition) is 6. The van der Waals surface area contributed by atoms with Crippen molar-refractivity contribution in [1.29, 1.82) is 0 Å². The van der Waals surface area contributed by atoms with E-state index in [0.717, 1.165) is 38.1 Å². The third-order valence-electron chi connectivity index (χ3n) is 6.09. The molecule has 0 aromatic heterocycles. The summed E-state index contributed by atoms with van der Waals surface area (Å²) in [6, 6.07) is 0.432. The van der Waals surface area contributed by atoms with Crippen LogP contribution in [0.3, 0.4) is 0 Å². The summed E-state index contributed by atoms with van der Waals surface area (Å²) in [5.41, 5.74) is 0.351. The molecule has 2 aliphatic rings.